The van der Waals surface area contributed by atoms with E-state index in [4.69, 9.17) is 28.4 Å². The van der Waals surface area contributed by atoms with E-state index < -0.39 is 81.5 Å². The Morgan fingerprint density at radius 2 is 0.793 bits per heavy atom. The van der Waals surface area contributed by atoms with Gasteiger partial charge in [0.2, 0.25) is 0 Å². The first-order valence-electron chi connectivity index (χ1n) is 28.1. The van der Waals surface area contributed by atoms with E-state index in [1.165, 1.54) is 48.5 Å². The number of esters is 2. The quantitative estimate of drug-likeness (QED) is 0.0429. The average molecular weight is 1110 g/mol. The maximum absolute atomic E-state index is 14.1. The standard InChI is InChI=1S/2C32H32N2O7/c2*1-20(2)29-32(22-9-5-3-6-10-22,23-11-7-4-8-12-23)41-31(36)33(29)28-26-18-17-25(39-26)19-27(28)40-30(35)21-13-15-24(16-14-21)34(37)38/h2*3-16,20,25-29H,17-19H2,1-2H3/t2*25-,26+,27+,28-,29+/m11/s1. The summed E-state index contributed by atoms with van der Waals surface area (Å²) in [7, 11) is 0. The highest BCUT2D eigenvalue weighted by molar-refractivity contribution is 5.90. The summed E-state index contributed by atoms with van der Waals surface area (Å²) in [6.07, 6.45) is 0.951. The van der Waals surface area contributed by atoms with Crippen molar-refractivity contribution in [1.29, 1.82) is 0 Å². The van der Waals surface area contributed by atoms with Gasteiger partial charge in [-0.2, -0.15) is 0 Å². The molecule has 6 fully saturated rings. The second-order valence-corrected chi connectivity index (χ2v) is 22.6. The molecule has 4 bridgehead atoms. The van der Waals surface area contributed by atoms with E-state index in [1.54, 1.807) is 9.80 Å². The Bertz CT molecular complexity index is 3000. The molecule has 6 aliphatic heterocycles. The highest BCUT2D eigenvalue weighted by atomic mass is 16.6. The maximum atomic E-state index is 14.1. The molecular weight excluding hydrogens is 1050 g/mol. The number of hydrogen-bond acceptors (Lipinski definition) is 14. The third-order valence-electron chi connectivity index (χ3n) is 17.0. The van der Waals surface area contributed by atoms with E-state index in [9.17, 15) is 39.4 Å². The average Bonchev–Trinajstić information content (AvgIpc) is 3.22. The Hall–Kier alpha value is -8.48. The van der Waals surface area contributed by atoms with Gasteiger partial charge in [0.1, 0.15) is 12.2 Å². The van der Waals surface area contributed by atoms with E-state index in [0.29, 0.717) is 12.8 Å². The summed E-state index contributed by atoms with van der Waals surface area (Å²) >= 11 is 0. The number of non-ortho nitro benzene ring substituents is 2. The molecule has 424 valence electrons. The van der Waals surface area contributed by atoms with Gasteiger partial charge >= 0.3 is 24.1 Å². The largest absolute Gasteiger partial charge is 0.456 e. The lowest BCUT2D eigenvalue weighted by atomic mass is 9.75. The van der Waals surface area contributed by atoms with Crippen molar-refractivity contribution in [2.45, 2.75) is 138 Å². The predicted octanol–water partition coefficient (Wildman–Crippen LogP) is 11.7. The van der Waals surface area contributed by atoms with Gasteiger partial charge in [-0.15, -0.1) is 0 Å². The minimum absolute atomic E-state index is 0.0352. The molecule has 0 saturated carbocycles. The molecule has 2 amide bonds. The van der Waals surface area contributed by atoms with Crippen molar-refractivity contribution >= 4 is 35.5 Å². The summed E-state index contributed by atoms with van der Waals surface area (Å²) in [6, 6.07) is 47.8. The number of rotatable bonds is 14. The number of benzene rings is 6. The molecule has 0 aliphatic carbocycles. The molecule has 0 unspecified atom stereocenters. The highest BCUT2D eigenvalue weighted by Gasteiger charge is 2.64. The first-order valence-corrected chi connectivity index (χ1v) is 28.1. The first kappa shape index (κ1) is 55.4. The van der Waals surface area contributed by atoms with E-state index in [2.05, 4.69) is 27.7 Å². The van der Waals surface area contributed by atoms with Crippen LogP contribution in [0.2, 0.25) is 0 Å². The molecule has 10 atom stereocenters. The van der Waals surface area contributed by atoms with Gasteiger partial charge in [-0.25, -0.2) is 19.2 Å². The zero-order valence-corrected chi connectivity index (χ0v) is 45.8. The van der Waals surface area contributed by atoms with Crippen molar-refractivity contribution in [1.82, 2.24) is 9.80 Å². The number of carbonyl (C=O) groups excluding carboxylic acids is 4. The van der Waals surface area contributed by atoms with E-state index in [0.717, 1.165) is 47.9 Å². The minimum atomic E-state index is -1.09. The molecule has 0 N–H and O–H groups in total. The fraction of sp³-hybridized carbons (Fsp3) is 0.375. The number of nitro benzene ring substituents is 2. The minimum Gasteiger partial charge on any atom is -0.456 e. The van der Waals surface area contributed by atoms with Crippen LogP contribution < -0.4 is 0 Å². The Balaban J connectivity index is 0.000000172. The van der Waals surface area contributed by atoms with Gasteiger partial charge in [-0.3, -0.25) is 30.0 Å². The Kier molecular flexibility index (Phi) is 15.4. The van der Waals surface area contributed by atoms with Gasteiger partial charge < -0.3 is 28.4 Å². The van der Waals surface area contributed by atoms with Crippen LogP contribution in [0.15, 0.2) is 170 Å². The number of carbonyl (C=O) groups is 4. The van der Waals surface area contributed by atoms with Crippen LogP contribution in [0.25, 0.3) is 0 Å². The number of ether oxygens (including phenoxy) is 6. The molecular formula is C64H64N4O14. The third kappa shape index (κ3) is 10.1. The first-order chi connectivity index (χ1) is 39.6. The van der Waals surface area contributed by atoms with Crippen molar-refractivity contribution in [3.8, 4) is 0 Å². The van der Waals surface area contributed by atoms with E-state index >= 15 is 0 Å². The second-order valence-electron chi connectivity index (χ2n) is 22.6. The number of hydrogen-bond donors (Lipinski definition) is 0. The van der Waals surface area contributed by atoms with Crippen LogP contribution in [0.4, 0.5) is 21.0 Å². The van der Waals surface area contributed by atoms with Crippen molar-refractivity contribution in [2.75, 3.05) is 0 Å². The van der Waals surface area contributed by atoms with E-state index in [1.807, 2.05) is 121 Å². The number of nitro groups is 2. The number of fused-ring (bicyclic) bond motifs is 4. The van der Waals surface area contributed by atoms with Crippen LogP contribution in [-0.4, -0.2) is 105 Å². The summed E-state index contributed by atoms with van der Waals surface area (Å²) in [5, 5.41) is 22.1. The van der Waals surface area contributed by atoms with Crippen molar-refractivity contribution in [2.24, 2.45) is 11.8 Å². The summed E-state index contributed by atoms with van der Waals surface area (Å²) in [5.74, 6) is -1.26. The summed E-state index contributed by atoms with van der Waals surface area (Å²) < 4.78 is 37.8. The van der Waals surface area contributed by atoms with Gasteiger partial charge in [0, 0.05) is 59.4 Å². The fourth-order valence-electron chi connectivity index (χ4n) is 13.7. The number of nitrogens with zero attached hydrogens (tertiary/aromatic N) is 4. The third-order valence-corrected chi connectivity index (χ3v) is 17.0. The zero-order chi connectivity index (χ0) is 57.5. The predicted molar refractivity (Wildman–Crippen MR) is 298 cm³/mol. The molecule has 6 heterocycles. The monoisotopic (exact) mass is 1110 g/mol. The van der Waals surface area contributed by atoms with Crippen LogP contribution >= 0.6 is 0 Å². The Morgan fingerprint density at radius 3 is 1.07 bits per heavy atom. The van der Waals surface area contributed by atoms with Crippen molar-refractivity contribution in [3.63, 3.8) is 0 Å². The molecule has 18 nitrogen and oxygen atoms in total. The molecule has 6 aromatic rings. The van der Waals surface area contributed by atoms with Gasteiger partial charge in [-0.1, -0.05) is 149 Å². The highest BCUT2D eigenvalue weighted by Crippen LogP contribution is 2.53. The molecule has 18 heteroatoms. The van der Waals surface area contributed by atoms with Crippen molar-refractivity contribution < 1.29 is 57.4 Å². The van der Waals surface area contributed by atoms with Crippen molar-refractivity contribution in [3.05, 3.63) is 223 Å². The molecule has 82 heavy (non-hydrogen) atoms. The number of cyclic esters (lactones) is 2. The lowest BCUT2D eigenvalue weighted by molar-refractivity contribution is -0.385. The van der Waals surface area contributed by atoms with Crippen LogP contribution in [0, 0.1) is 32.1 Å². The lowest BCUT2D eigenvalue weighted by Crippen LogP contribution is -2.61. The topological polar surface area (TPSA) is 216 Å². The van der Waals surface area contributed by atoms with Crippen LogP contribution in [-0.2, 0) is 39.6 Å². The summed E-state index contributed by atoms with van der Waals surface area (Å²) in [4.78, 5) is 79.4. The number of amides is 2. The summed E-state index contributed by atoms with van der Waals surface area (Å²) in [5.41, 5.74) is 1.47. The second kappa shape index (κ2) is 22.8. The lowest BCUT2D eigenvalue weighted by Gasteiger charge is -2.45. The Morgan fingerprint density at radius 1 is 0.488 bits per heavy atom. The maximum Gasteiger partial charge on any atom is 0.411 e. The van der Waals surface area contributed by atoms with Crippen LogP contribution in [0.5, 0.6) is 0 Å². The van der Waals surface area contributed by atoms with E-state index in [-0.39, 0.29) is 58.8 Å². The molecule has 6 aliphatic rings. The van der Waals surface area contributed by atoms with Gasteiger partial charge in [-0.05, 0) is 61.8 Å². The normalized spacial score (nSPS) is 26.6. The summed E-state index contributed by atoms with van der Waals surface area (Å²) in [6.45, 7) is 8.27. The van der Waals surface area contributed by atoms with Crippen LogP contribution in [0.3, 0.4) is 0 Å². The van der Waals surface area contributed by atoms with Crippen LogP contribution in [0.1, 0.15) is 109 Å². The molecule has 0 spiro atoms. The smallest absolute Gasteiger partial charge is 0.411 e. The molecule has 12 rings (SSSR count). The Labute approximate surface area is 474 Å². The molecule has 0 radical (unpaired) electrons. The molecule has 6 saturated heterocycles. The van der Waals surface area contributed by atoms with Gasteiger partial charge in [0.15, 0.2) is 11.2 Å². The SMILES string of the molecule is CC(C)[C@@H]1N([C@H]2[C@@H](OC(=O)c3ccc([N+](=O)[O-])cc3)C[C@H]3CC[C@@H]2O3)C(=O)OC1(c1ccccc1)c1ccccc1.CC(C)[C@@H]1N([C@H]2[C@@H](OC(=O)c3ccc([N+](=O)[O-])cc3)C[C@H]3CC[C@@H]2O3)C(=O)OC1(c1ccccc1)c1ccccc1. The van der Waals surface area contributed by atoms with Gasteiger partial charge in [0.25, 0.3) is 11.4 Å². The van der Waals surface area contributed by atoms with Gasteiger partial charge in [0.05, 0.1) is 69.6 Å². The fourth-order valence-corrected chi connectivity index (χ4v) is 13.7. The molecule has 0 aromatic heterocycles. The zero-order valence-electron chi connectivity index (χ0n) is 45.8. The molecule has 6 aromatic carbocycles.